The highest BCUT2D eigenvalue weighted by molar-refractivity contribution is 5.89. The Morgan fingerprint density at radius 2 is 1.85 bits per heavy atom. The van der Waals surface area contributed by atoms with Gasteiger partial charge in [-0.3, -0.25) is 14.3 Å². The quantitative estimate of drug-likeness (QED) is 0.277. The predicted molar refractivity (Wildman–Crippen MR) is 154 cm³/mol. The number of aryl methyl sites for hydroxylation is 1. The molecule has 0 unspecified atom stereocenters. The second-order valence-electron chi connectivity index (χ2n) is 10.6. The number of hydrogen-bond donors (Lipinski definition) is 0. The maximum Gasteiger partial charge on any atom is 0.267 e. The zero-order chi connectivity index (χ0) is 27.4. The lowest BCUT2D eigenvalue weighted by Crippen LogP contribution is -2.20. The Morgan fingerprint density at radius 3 is 2.62 bits per heavy atom. The molecule has 0 bridgehead atoms. The molecular weight excluding hydrogens is 500 g/mol. The summed E-state index contributed by atoms with van der Waals surface area (Å²) in [6.07, 6.45) is 13.3. The largest absolute Gasteiger partial charge is 0.327 e. The van der Waals surface area contributed by atoms with Gasteiger partial charge >= 0.3 is 0 Å². The highest BCUT2D eigenvalue weighted by Crippen LogP contribution is 2.39. The average molecular weight is 529 g/mol. The normalized spacial score (nSPS) is 13.4. The van der Waals surface area contributed by atoms with Gasteiger partial charge in [0.15, 0.2) is 5.82 Å². The van der Waals surface area contributed by atoms with Gasteiger partial charge in [-0.1, -0.05) is 12.1 Å². The Morgan fingerprint density at radius 1 is 0.975 bits per heavy atom. The van der Waals surface area contributed by atoms with Gasteiger partial charge in [-0.15, -0.1) is 0 Å². The smallest absolute Gasteiger partial charge is 0.267 e. The molecule has 40 heavy (non-hydrogen) atoms. The minimum absolute atomic E-state index is 0.195. The minimum Gasteiger partial charge on any atom is -0.327 e. The Balaban J connectivity index is 1.39. The van der Waals surface area contributed by atoms with Gasteiger partial charge in [0.25, 0.3) is 5.56 Å². The number of rotatable bonds is 6. The number of fused-ring (bicyclic) bond motifs is 1. The van der Waals surface area contributed by atoms with Gasteiger partial charge in [0.2, 0.25) is 0 Å². The molecule has 5 aromatic heterocycles. The molecule has 0 N–H and O–H groups in total. The fourth-order valence-electron chi connectivity index (χ4n) is 5.06. The van der Waals surface area contributed by atoms with Crippen molar-refractivity contribution >= 4 is 10.9 Å². The van der Waals surface area contributed by atoms with Crippen molar-refractivity contribution in [3.8, 4) is 34.2 Å². The van der Waals surface area contributed by atoms with Crippen molar-refractivity contribution in [3.63, 3.8) is 0 Å². The summed E-state index contributed by atoms with van der Waals surface area (Å²) in [5.41, 5.74) is 5.87. The molecule has 0 atom stereocenters. The first-order valence-corrected chi connectivity index (χ1v) is 13.5. The standard InChI is InChI=1S/C31H28N8O/c1-19(2)38-12-11-32-30(38)25-5-4-6-29(36-25)39-18-35-26-13-23(22-8-7-20(3)33-15-22)28(14-24(26)31(39)40)37-16-27(34-17-37)21-9-10-21/h4-8,11-19,21H,9-10H2,1-3H3. The van der Waals surface area contributed by atoms with Crippen molar-refractivity contribution in [2.24, 2.45) is 0 Å². The van der Waals surface area contributed by atoms with Crippen LogP contribution in [-0.2, 0) is 0 Å². The third kappa shape index (κ3) is 4.20. The van der Waals surface area contributed by atoms with Crippen molar-refractivity contribution in [2.75, 3.05) is 0 Å². The van der Waals surface area contributed by atoms with Gasteiger partial charge in [-0.05, 0) is 63.9 Å². The lowest BCUT2D eigenvalue weighted by atomic mass is 10.0. The summed E-state index contributed by atoms with van der Waals surface area (Å²) in [4.78, 5) is 37.1. The molecule has 7 rings (SSSR count). The maximum atomic E-state index is 13.9. The summed E-state index contributed by atoms with van der Waals surface area (Å²) in [5.74, 6) is 1.76. The van der Waals surface area contributed by atoms with E-state index in [0.717, 1.165) is 34.0 Å². The van der Waals surface area contributed by atoms with Crippen LogP contribution in [0.2, 0.25) is 0 Å². The molecule has 0 spiro atoms. The Labute approximate surface area is 230 Å². The SMILES string of the molecule is Cc1ccc(-c2cc3ncn(-c4cccc(-c5nccn5C(C)C)n4)c(=O)c3cc2-n2cnc(C3CC3)c2)cn1. The van der Waals surface area contributed by atoms with E-state index in [2.05, 4.69) is 39.6 Å². The molecule has 0 saturated heterocycles. The molecule has 1 aromatic carbocycles. The average Bonchev–Trinajstić information content (AvgIpc) is 3.48. The van der Waals surface area contributed by atoms with E-state index in [0.29, 0.717) is 28.3 Å². The van der Waals surface area contributed by atoms with E-state index in [1.165, 1.54) is 17.4 Å². The lowest BCUT2D eigenvalue weighted by Gasteiger charge is -2.14. The molecule has 198 valence electrons. The molecule has 0 radical (unpaired) electrons. The number of hydrogen-bond acceptors (Lipinski definition) is 6. The van der Waals surface area contributed by atoms with E-state index in [-0.39, 0.29) is 11.6 Å². The number of nitrogens with zero attached hydrogens (tertiary/aromatic N) is 8. The lowest BCUT2D eigenvalue weighted by molar-refractivity contribution is 0.605. The Kier molecular flexibility index (Phi) is 5.66. The minimum atomic E-state index is -0.195. The highest BCUT2D eigenvalue weighted by atomic mass is 16.1. The van der Waals surface area contributed by atoms with Crippen molar-refractivity contribution in [1.29, 1.82) is 0 Å². The van der Waals surface area contributed by atoms with Gasteiger partial charge < -0.3 is 9.13 Å². The van der Waals surface area contributed by atoms with Crippen LogP contribution in [0.4, 0.5) is 0 Å². The fourth-order valence-corrected chi connectivity index (χ4v) is 5.06. The van der Waals surface area contributed by atoms with Crippen LogP contribution in [0.1, 0.15) is 50.0 Å². The number of imidazole rings is 2. The first kappa shape index (κ1) is 24.1. The zero-order valence-corrected chi connectivity index (χ0v) is 22.6. The van der Waals surface area contributed by atoms with Crippen LogP contribution < -0.4 is 5.56 Å². The third-order valence-corrected chi connectivity index (χ3v) is 7.41. The summed E-state index contributed by atoms with van der Waals surface area (Å²) >= 11 is 0. The van der Waals surface area contributed by atoms with E-state index in [1.807, 2.05) is 72.7 Å². The van der Waals surface area contributed by atoms with E-state index in [4.69, 9.17) is 9.97 Å². The highest BCUT2D eigenvalue weighted by Gasteiger charge is 2.26. The van der Waals surface area contributed by atoms with Crippen molar-refractivity contribution < 1.29 is 0 Å². The van der Waals surface area contributed by atoms with Gasteiger partial charge in [0, 0.05) is 53.6 Å². The predicted octanol–water partition coefficient (Wildman–Crippen LogP) is 5.66. The monoisotopic (exact) mass is 528 g/mol. The molecule has 1 fully saturated rings. The van der Waals surface area contributed by atoms with Gasteiger partial charge in [-0.25, -0.2) is 19.9 Å². The third-order valence-electron chi connectivity index (χ3n) is 7.41. The van der Waals surface area contributed by atoms with Crippen molar-refractivity contribution in [1.82, 2.24) is 38.6 Å². The number of benzene rings is 1. The Hall–Kier alpha value is -4.92. The summed E-state index contributed by atoms with van der Waals surface area (Å²) in [6.45, 7) is 6.16. The number of aromatic nitrogens is 8. The second kappa shape index (κ2) is 9.37. The maximum absolute atomic E-state index is 13.9. The Bertz CT molecular complexity index is 1930. The fraction of sp³-hybridized carbons (Fsp3) is 0.226. The van der Waals surface area contributed by atoms with Crippen LogP contribution in [0.25, 0.3) is 45.1 Å². The van der Waals surface area contributed by atoms with Crippen LogP contribution in [-0.4, -0.2) is 38.6 Å². The molecule has 9 heteroatoms. The van der Waals surface area contributed by atoms with E-state index >= 15 is 0 Å². The van der Waals surface area contributed by atoms with E-state index < -0.39 is 0 Å². The molecule has 5 heterocycles. The number of pyridine rings is 2. The van der Waals surface area contributed by atoms with Crippen LogP contribution in [0.15, 0.2) is 84.7 Å². The van der Waals surface area contributed by atoms with Crippen LogP contribution in [0.5, 0.6) is 0 Å². The summed E-state index contributed by atoms with van der Waals surface area (Å²) in [5, 5.41) is 0.499. The molecule has 6 aromatic rings. The first-order valence-electron chi connectivity index (χ1n) is 13.5. The van der Waals surface area contributed by atoms with E-state index in [1.54, 1.807) is 12.5 Å². The van der Waals surface area contributed by atoms with Crippen LogP contribution in [0.3, 0.4) is 0 Å². The topological polar surface area (TPSA) is 96.3 Å². The molecule has 1 aliphatic carbocycles. The van der Waals surface area contributed by atoms with Gasteiger partial charge in [0.1, 0.15) is 17.8 Å². The summed E-state index contributed by atoms with van der Waals surface area (Å²) in [6, 6.07) is 13.7. The van der Waals surface area contributed by atoms with Gasteiger partial charge in [-0.2, -0.15) is 0 Å². The molecule has 1 aliphatic rings. The van der Waals surface area contributed by atoms with Crippen molar-refractivity contribution in [3.05, 3.63) is 102 Å². The van der Waals surface area contributed by atoms with E-state index in [9.17, 15) is 4.79 Å². The molecule has 0 aliphatic heterocycles. The molecule has 1 saturated carbocycles. The van der Waals surface area contributed by atoms with Crippen LogP contribution >= 0.6 is 0 Å². The summed E-state index contributed by atoms with van der Waals surface area (Å²) in [7, 11) is 0. The van der Waals surface area contributed by atoms with Gasteiger partial charge in [0.05, 0.1) is 28.6 Å². The molecule has 9 nitrogen and oxygen atoms in total. The second-order valence-corrected chi connectivity index (χ2v) is 10.6. The summed E-state index contributed by atoms with van der Waals surface area (Å²) < 4.78 is 5.56. The molecular formula is C31H28N8O. The zero-order valence-electron chi connectivity index (χ0n) is 22.6. The van der Waals surface area contributed by atoms with Crippen LogP contribution in [0, 0.1) is 6.92 Å². The molecule has 0 amide bonds. The van der Waals surface area contributed by atoms with Crippen molar-refractivity contribution in [2.45, 2.75) is 45.6 Å². The first-order chi connectivity index (χ1) is 19.5.